The van der Waals surface area contributed by atoms with Crippen molar-refractivity contribution in [1.82, 2.24) is 14.8 Å². The molecule has 4 nitrogen and oxygen atoms in total. The predicted octanol–water partition coefficient (Wildman–Crippen LogP) is 3.94. The molecular weight excluding hydrogens is 280 g/mol. The first-order chi connectivity index (χ1) is 9.93. The number of aromatic nitrogens is 3. The van der Waals surface area contributed by atoms with Gasteiger partial charge in [-0.2, -0.15) is 5.10 Å². The van der Waals surface area contributed by atoms with Gasteiger partial charge in [0.2, 0.25) is 0 Å². The summed E-state index contributed by atoms with van der Waals surface area (Å²) in [5.41, 5.74) is 6.51. The van der Waals surface area contributed by atoms with E-state index in [0.717, 1.165) is 23.4 Å². The predicted molar refractivity (Wildman–Crippen MR) is 88.9 cm³/mol. The van der Waals surface area contributed by atoms with E-state index in [4.69, 9.17) is 0 Å². The molecule has 1 aromatic carbocycles. The molecule has 21 heavy (non-hydrogen) atoms. The number of fused-ring (bicyclic) bond motifs is 1. The van der Waals surface area contributed by atoms with E-state index in [1.54, 1.807) is 11.3 Å². The van der Waals surface area contributed by atoms with E-state index in [-0.39, 0.29) is 5.41 Å². The second-order valence-electron chi connectivity index (χ2n) is 6.32. The van der Waals surface area contributed by atoms with Crippen molar-refractivity contribution < 1.29 is 0 Å². The van der Waals surface area contributed by atoms with Crippen LogP contribution < -0.4 is 5.32 Å². The van der Waals surface area contributed by atoms with Crippen molar-refractivity contribution >= 4 is 27.2 Å². The van der Waals surface area contributed by atoms with E-state index in [1.165, 1.54) is 10.3 Å². The Kier molecular flexibility index (Phi) is 3.45. The van der Waals surface area contributed by atoms with Gasteiger partial charge in [-0.25, -0.2) is 4.98 Å². The lowest BCUT2D eigenvalue weighted by atomic mass is 9.89. The lowest BCUT2D eigenvalue weighted by Gasteiger charge is -2.18. The van der Waals surface area contributed by atoms with Crippen molar-refractivity contribution in [2.24, 2.45) is 7.05 Å². The number of rotatable bonds is 3. The van der Waals surface area contributed by atoms with E-state index in [0.29, 0.717) is 0 Å². The Labute approximate surface area is 128 Å². The van der Waals surface area contributed by atoms with Crippen LogP contribution in [-0.2, 0) is 19.0 Å². The molecule has 3 rings (SSSR count). The summed E-state index contributed by atoms with van der Waals surface area (Å²) >= 11 is 1.67. The number of benzene rings is 1. The number of hydrogen-bond donors (Lipinski definition) is 1. The highest BCUT2D eigenvalue weighted by Gasteiger charge is 2.21. The molecule has 0 radical (unpaired) electrons. The first-order valence-corrected chi connectivity index (χ1v) is 7.91. The standard InChI is InChI=1S/C16H20N4S/c1-16(2,3)15-11(9-20(4)19-15)8-17-12-5-6-13-14(7-12)21-10-18-13/h5-7,9-10,17H,8H2,1-4H3. The number of thiazole rings is 1. The minimum absolute atomic E-state index is 0.0555. The minimum Gasteiger partial charge on any atom is -0.381 e. The molecular formula is C16H20N4S. The van der Waals surface area contributed by atoms with Crippen LogP contribution in [0.5, 0.6) is 0 Å². The largest absolute Gasteiger partial charge is 0.381 e. The number of nitrogens with one attached hydrogen (secondary N) is 1. The van der Waals surface area contributed by atoms with Crippen molar-refractivity contribution in [3.8, 4) is 0 Å². The summed E-state index contributed by atoms with van der Waals surface area (Å²) in [6.45, 7) is 7.37. The third-order valence-corrected chi connectivity index (χ3v) is 4.22. The van der Waals surface area contributed by atoms with Crippen LogP contribution in [-0.4, -0.2) is 14.8 Å². The van der Waals surface area contributed by atoms with Gasteiger partial charge in [0.05, 0.1) is 21.4 Å². The van der Waals surface area contributed by atoms with E-state index in [2.05, 4.69) is 60.6 Å². The van der Waals surface area contributed by atoms with E-state index < -0.39 is 0 Å². The van der Waals surface area contributed by atoms with Crippen LogP contribution in [0.3, 0.4) is 0 Å². The maximum absolute atomic E-state index is 4.60. The monoisotopic (exact) mass is 300 g/mol. The Morgan fingerprint density at radius 3 is 2.86 bits per heavy atom. The Morgan fingerprint density at radius 1 is 1.29 bits per heavy atom. The zero-order valence-electron chi connectivity index (χ0n) is 12.8. The van der Waals surface area contributed by atoms with Gasteiger partial charge < -0.3 is 5.32 Å². The van der Waals surface area contributed by atoms with Gasteiger partial charge in [0.15, 0.2) is 0 Å². The third kappa shape index (κ3) is 2.93. The Bertz CT molecular complexity index is 764. The van der Waals surface area contributed by atoms with Crippen LogP contribution in [0.1, 0.15) is 32.0 Å². The van der Waals surface area contributed by atoms with Gasteiger partial charge >= 0.3 is 0 Å². The highest BCUT2D eigenvalue weighted by atomic mass is 32.1. The maximum atomic E-state index is 4.60. The fourth-order valence-electron chi connectivity index (χ4n) is 2.46. The van der Waals surface area contributed by atoms with Gasteiger partial charge in [-0.1, -0.05) is 20.8 Å². The molecule has 0 saturated heterocycles. The quantitative estimate of drug-likeness (QED) is 0.796. The summed E-state index contributed by atoms with van der Waals surface area (Å²) in [7, 11) is 1.97. The molecule has 5 heteroatoms. The molecule has 0 aliphatic heterocycles. The molecule has 2 aromatic heterocycles. The molecule has 0 amide bonds. The number of nitrogens with zero attached hydrogens (tertiary/aromatic N) is 3. The van der Waals surface area contributed by atoms with E-state index >= 15 is 0 Å². The van der Waals surface area contributed by atoms with Gasteiger partial charge in [0, 0.05) is 36.5 Å². The van der Waals surface area contributed by atoms with Crippen LogP contribution >= 0.6 is 11.3 Å². The summed E-state index contributed by atoms with van der Waals surface area (Å²) < 4.78 is 3.10. The molecule has 0 aliphatic rings. The summed E-state index contributed by atoms with van der Waals surface area (Å²) in [4.78, 5) is 4.31. The van der Waals surface area contributed by atoms with Gasteiger partial charge in [0.25, 0.3) is 0 Å². The molecule has 0 saturated carbocycles. The molecule has 2 heterocycles. The molecule has 3 aromatic rings. The first kappa shape index (κ1) is 14.1. The summed E-state index contributed by atoms with van der Waals surface area (Å²) in [6.07, 6.45) is 2.10. The number of hydrogen-bond acceptors (Lipinski definition) is 4. The maximum Gasteiger partial charge on any atom is 0.0813 e. The molecule has 0 atom stereocenters. The van der Waals surface area contributed by atoms with E-state index in [1.807, 2.05) is 17.2 Å². The number of aryl methyl sites for hydroxylation is 1. The smallest absolute Gasteiger partial charge is 0.0813 e. The van der Waals surface area contributed by atoms with Crippen molar-refractivity contribution in [3.05, 3.63) is 41.2 Å². The van der Waals surface area contributed by atoms with Gasteiger partial charge in [-0.3, -0.25) is 4.68 Å². The van der Waals surface area contributed by atoms with Crippen LogP contribution in [0.2, 0.25) is 0 Å². The molecule has 0 bridgehead atoms. The van der Waals surface area contributed by atoms with Crippen molar-refractivity contribution in [1.29, 1.82) is 0 Å². The van der Waals surface area contributed by atoms with Crippen LogP contribution in [0, 0.1) is 0 Å². The first-order valence-electron chi connectivity index (χ1n) is 7.03. The normalized spacial score (nSPS) is 12.0. The molecule has 0 aliphatic carbocycles. The zero-order chi connectivity index (χ0) is 15.0. The number of anilines is 1. The highest BCUT2D eigenvalue weighted by Crippen LogP contribution is 2.26. The lowest BCUT2D eigenvalue weighted by molar-refractivity contribution is 0.549. The average Bonchev–Trinajstić information content (AvgIpc) is 3.01. The van der Waals surface area contributed by atoms with Crippen LogP contribution in [0.4, 0.5) is 5.69 Å². The summed E-state index contributed by atoms with van der Waals surface area (Å²) in [5.74, 6) is 0. The highest BCUT2D eigenvalue weighted by molar-refractivity contribution is 7.16. The Hall–Kier alpha value is -1.88. The molecule has 0 spiro atoms. The fraction of sp³-hybridized carbons (Fsp3) is 0.375. The summed E-state index contributed by atoms with van der Waals surface area (Å²) in [5, 5.41) is 8.10. The second kappa shape index (κ2) is 5.15. The van der Waals surface area contributed by atoms with Crippen molar-refractivity contribution in [3.63, 3.8) is 0 Å². The minimum atomic E-state index is 0.0555. The molecule has 1 N–H and O–H groups in total. The van der Waals surface area contributed by atoms with E-state index in [9.17, 15) is 0 Å². The fourth-order valence-corrected chi connectivity index (χ4v) is 3.18. The van der Waals surface area contributed by atoms with Gasteiger partial charge in [0.1, 0.15) is 0 Å². The SMILES string of the molecule is Cn1cc(CNc2ccc3ncsc3c2)c(C(C)(C)C)n1. The van der Waals surface area contributed by atoms with Gasteiger partial charge in [-0.05, 0) is 18.2 Å². The molecule has 110 valence electrons. The third-order valence-electron chi connectivity index (χ3n) is 3.43. The average molecular weight is 300 g/mol. The Balaban J connectivity index is 1.81. The second-order valence-corrected chi connectivity index (χ2v) is 7.20. The molecule has 0 fully saturated rings. The van der Waals surface area contributed by atoms with Gasteiger partial charge in [-0.15, -0.1) is 11.3 Å². The zero-order valence-corrected chi connectivity index (χ0v) is 13.7. The molecule has 0 unspecified atom stereocenters. The lowest BCUT2D eigenvalue weighted by Crippen LogP contribution is -2.16. The van der Waals surface area contributed by atoms with Crippen LogP contribution in [0.25, 0.3) is 10.2 Å². The summed E-state index contributed by atoms with van der Waals surface area (Å²) in [6, 6.07) is 6.29. The van der Waals surface area contributed by atoms with Crippen molar-refractivity contribution in [2.45, 2.75) is 32.7 Å². The van der Waals surface area contributed by atoms with Crippen LogP contribution in [0.15, 0.2) is 29.9 Å². The topological polar surface area (TPSA) is 42.7 Å². The van der Waals surface area contributed by atoms with Crippen molar-refractivity contribution in [2.75, 3.05) is 5.32 Å². The Morgan fingerprint density at radius 2 is 2.10 bits per heavy atom.